The highest BCUT2D eigenvalue weighted by molar-refractivity contribution is 6.30. The van der Waals surface area contributed by atoms with Gasteiger partial charge in [-0.2, -0.15) is 0 Å². The number of nitrogens with one attached hydrogen (secondary N) is 1. The second-order valence-electron chi connectivity index (χ2n) is 4.89. The van der Waals surface area contributed by atoms with Crippen LogP contribution in [0, 0.1) is 0 Å². The molecule has 2 aromatic carbocycles. The minimum absolute atomic E-state index is 0.312. The van der Waals surface area contributed by atoms with E-state index < -0.39 is 0 Å². The van der Waals surface area contributed by atoms with E-state index in [1.165, 1.54) is 11.1 Å². The molecular weight excluding hydrogens is 270 g/mol. The van der Waals surface area contributed by atoms with Crippen molar-refractivity contribution in [3.05, 3.63) is 64.7 Å². The van der Waals surface area contributed by atoms with Crippen LogP contribution >= 0.6 is 11.6 Å². The van der Waals surface area contributed by atoms with Crippen molar-refractivity contribution in [2.75, 3.05) is 6.54 Å². The average molecular weight is 290 g/mol. The molecule has 1 atom stereocenters. The lowest BCUT2D eigenvalue weighted by Crippen LogP contribution is -2.23. The van der Waals surface area contributed by atoms with Crippen LogP contribution in [0.3, 0.4) is 0 Å². The number of phenols is 1. The first-order valence-electron chi connectivity index (χ1n) is 6.96. The number of phenolic OH excluding ortho intramolecular Hbond substituents is 1. The Balaban J connectivity index is 1.89. The highest BCUT2D eigenvalue weighted by Gasteiger charge is 2.08. The normalized spacial score (nSPS) is 12.3. The summed E-state index contributed by atoms with van der Waals surface area (Å²) in [5.74, 6) is 0.312. The third-order valence-electron chi connectivity index (χ3n) is 3.40. The van der Waals surface area contributed by atoms with E-state index >= 15 is 0 Å². The Labute approximate surface area is 125 Å². The van der Waals surface area contributed by atoms with Gasteiger partial charge in [-0.1, -0.05) is 42.8 Å². The van der Waals surface area contributed by atoms with E-state index in [1.54, 1.807) is 12.1 Å². The molecule has 1 unspecified atom stereocenters. The van der Waals surface area contributed by atoms with Crippen LogP contribution in [0.25, 0.3) is 0 Å². The molecule has 0 fully saturated rings. The predicted octanol–water partition coefficient (Wildman–Crippen LogP) is 4.33. The number of halogens is 1. The minimum atomic E-state index is 0.312. The maximum atomic E-state index is 9.25. The summed E-state index contributed by atoms with van der Waals surface area (Å²) < 4.78 is 0. The fourth-order valence-corrected chi connectivity index (χ4v) is 2.47. The van der Waals surface area contributed by atoms with Crippen molar-refractivity contribution in [3.63, 3.8) is 0 Å². The number of hydrogen-bond donors (Lipinski definition) is 2. The Kier molecular flexibility index (Phi) is 5.45. The summed E-state index contributed by atoms with van der Waals surface area (Å²) in [7, 11) is 0. The zero-order chi connectivity index (χ0) is 14.4. The molecule has 106 valence electrons. The van der Waals surface area contributed by atoms with Crippen LogP contribution in [0.15, 0.2) is 48.5 Å². The lowest BCUT2D eigenvalue weighted by molar-refractivity contribution is 0.475. The van der Waals surface area contributed by atoms with Gasteiger partial charge in [0.25, 0.3) is 0 Å². The highest BCUT2D eigenvalue weighted by Crippen LogP contribution is 2.20. The SMILES string of the molecule is CCC(NCCc1ccc(O)cc1)c1cccc(Cl)c1. The predicted molar refractivity (Wildman–Crippen MR) is 84.3 cm³/mol. The van der Waals surface area contributed by atoms with Gasteiger partial charge in [-0.05, 0) is 54.8 Å². The molecule has 0 aliphatic rings. The molecule has 0 spiro atoms. The summed E-state index contributed by atoms with van der Waals surface area (Å²) in [4.78, 5) is 0. The van der Waals surface area contributed by atoms with E-state index in [-0.39, 0.29) is 0 Å². The molecule has 2 N–H and O–H groups in total. The standard InChI is InChI=1S/C17H20ClNO/c1-2-17(14-4-3-5-15(18)12-14)19-11-10-13-6-8-16(20)9-7-13/h3-9,12,17,19-20H,2,10-11H2,1H3. The van der Waals surface area contributed by atoms with E-state index in [1.807, 2.05) is 30.3 Å². The van der Waals surface area contributed by atoms with Gasteiger partial charge in [0.05, 0.1) is 0 Å². The zero-order valence-electron chi connectivity index (χ0n) is 11.6. The molecule has 0 aliphatic heterocycles. The summed E-state index contributed by atoms with van der Waals surface area (Å²) in [5, 5.41) is 13.6. The molecule has 2 aromatic rings. The topological polar surface area (TPSA) is 32.3 Å². The Bertz CT molecular complexity index is 539. The quantitative estimate of drug-likeness (QED) is 0.829. The van der Waals surface area contributed by atoms with E-state index in [9.17, 15) is 5.11 Å². The monoisotopic (exact) mass is 289 g/mol. The second-order valence-corrected chi connectivity index (χ2v) is 5.32. The van der Waals surface area contributed by atoms with Crippen LogP contribution < -0.4 is 5.32 Å². The largest absolute Gasteiger partial charge is 0.508 e. The van der Waals surface area contributed by atoms with Gasteiger partial charge in [-0.25, -0.2) is 0 Å². The summed E-state index contributed by atoms with van der Waals surface area (Å²) in [6, 6.07) is 15.7. The van der Waals surface area contributed by atoms with Crippen molar-refractivity contribution in [1.29, 1.82) is 0 Å². The fourth-order valence-electron chi connectivity index (χ4n) is 2.27. The summed E-state index contributed by atoms with van der Waals surface area (Å²) in [5.41, 5.74) is 2.45. The molecular formula is C17H20ClNO. The van der Waals surface area contributed by atoms with Gasteiger partial charge >= 0.3 is 0 Å². The molecule has 0 saturated heterocycles. The lowest BCUT2D eigenvalue weighted by atomic mass is 10.0. The van der Waals surface area contributed by atoms with E-state index in [2.05, 4.69) is 18.3 Å². The Morgan fingerprint density at radius 1 is 1.15 bits per heavy atom. The fraction of sp³-hybridized carbons (Fsp3) is 0.294. The summed E-state index contributed by atoms with van der Waals surface area (Å²) >= 11 is 6.04. The number of rotatable bonds is 6. The van der Waals surface area contributed by atoms with Crippen molar-refractivity contribution in [2.45, 2.75) is 25.8 Å². The molecule has 0 aromatic heterocycles. The van der Waals surface area contributed by atoms with Crippen LogP contribution in [0.4, 0.5) is 0 Å². The second kappa shape index (κ2) is 7.32. The molecule has 0 bridgehead atoms. The van der Waals surface area contributed by atoms with Gasteiger partial charge in [0.1, 0.15) is 5.75 Å². The molecule has 0 heterocycles. The van der Waals surface area contributed by atoms with Crippen molar-refractivity contribution in [1.82, 2.24) is 5.32 Å². The van der Waals surface area contributed by atoms with E-state index in [0.717, 1.165) is 24.4 Å². The van der Waals surface area contributed by atoms with Gasteiger partial charge in [-0.15, -0.1) is 0 Å². The first-order chi connectivity index (χ1) is 9.69. The molecule has 20 heavy (non-hydrogen) atoms. The number of aromatic hydroxyl groups is 1. The number of benzene rings is 2. The lowest BCUT2D eigenvalue weighted by Gasteiger charge is -2.17. The average Bonchev–Trinajstić information content (AvgIpc) is 2.45. The van der Waals surface area contributed by atoms with Gasteiger partial charge in [0, 0.05) is 11.1 Å². The maximum Gasteiger partial charge on any atom is 0.115 e. The molecule has 0 radical (unpaired) electrons. The summed E-state index contributed by atoms with van der Waals surface area (Å²) in [6.07, 6.45) is 1.97. The van der Waals surface area contributed by atoms with Gasteiger partial charge in [0.15, 0.2) is 0 Å². The molecule has 3 heteroatoms. The Morgan fingerprint density at radius 3 is 2.55 bits per heavy atom. The molecule has 0 saturated carbocycles. The highest BCUT2D eigenvalue weighted by atomic mass is 35.5. The van der Waals surface area contributed by atoms with E-state index in [4.69, 9.17) is 11.6 Å². The van der Waals surface area contributed by atoms with Crippen molar-refractivity contribution >= 4 is 11.6 Å². The van der Waals surface area contributed by atoms with Crippen LogP contribution in [-0.2, 0) is 6.42 Å². The maximum absolute atomic E-state index is 9.25. The first-order valence-corrected chi connectivity index (χ1v) is 7.33. The minimum Gasteiger partial charge on any atom is -0.508 e. The Morgan fingerprint density at radius 2 is 1.90 bits per heavy atom. The van der Waals surface area contributed by atoms with Crippen LogP contribution in [0.5, 0.6) is 5.75 Å². The smallest absolute Gasteiger partial charge is 0.115 e. The number of hydrogen-bond acceptors (Lipinski definition) is 2. The van der Waals surface area contributed by atoms with E-state index in [0.29, 0.717) is 11.8 Å². The molecule has 2 rings (SSSR count). The summed E-state index contributed by atoms with van der Waals surface area (Å²) in [6.45, 7) is 3.06. The van der Waals surface area contributed by atoms with Crippen LogP contribution in [0.1, 0.15) is 30.5 Å². The first kappa shape index (κ1) is 14.9. The molecule has 2 nitrogen and oxygen atoms in total. The van der Waals surface area contributed by atoms with Crippen LogP contribution in [0.2, 0.25) is 5.02 Å². The third kappa shape index (κ3) is 4.26. The zero-order valence-corrected chi connectivity index (χ0v) is 12.4. The van der Waals surface area contributed by atoms with Gasteiger partial charge < -0.3 is 10.4 Å². The van der Waals surface area contributed by atoms with Crippen LogP contribution in [-0.4, -0.2) is 11.7 Å². The Hall–Kier alpha value is -1.51. The van der Waals surface area contributed by atoms with Crippen molar-refractivity contribution in [2.24, 2.45) is 0 Å². The van der Waals surface area contributed by atoms with Crippen molar-refractivity contribution in [3.8, 4) is 5.75 Å². The van der Waals surface area contributed by atoms with Gasteiger partial charge in [0.2, 0.25) is 0 Å². The van der Waals surface area contributed by atoms with Crippen molar-refractivity contribution < 1.29 is 5.11 Å². The third-order valence-corrected chi connectivity index (χ3v) is 3.64. The van der Waals surface area contributed by atoms with Gasteiger partial charge in [-0.3, -0.25) is 0 Å². The molecule has 0 aliphatic carbocycles. The molecule has 0 amide bonds.